The number of carbonyl (C=O) groups excluding carboxylic acids is 1. The number of thioether (sulfide) groups is 1. The van der Waals surface area contributed by atoms with Crippen molar-refractivity contribution in [1.82, 2.24) is 19.6 Å². The van der Waals surface area contributed by atoms with Gasteiger partial charge in [0, 0.05) is 11.3 Å². The van der Waals surface area contributed by atoms with Gasteiger partial charge in [-0.3, -0.25) is 14.7 Å². The smallest absolute Gasteiger partial charge is 0.316 e. The molecule has 0 saturated carbocycles. The number of methoxy groups -OCH3 is 1. The monoisotopic (exact) mass is 268 g/mol. The highest BCUT2D eigenvalue weighted by Gasteiger charge is 2.11. The van der Waals surface area contributed by atoms with Crippen molar-refractivity contribution in [2.75, 3.05) is 12.9 Å². The van der Waals surface area contributed by atoms with Gasteiger partial charge in [-0.2, -0.15) is 9.50 Å². The van der Waals surface area contributed by atoms with E-state index < -0.39 is 0 Å². The van der Waals surface area contributed by atoms with Gasteiger partial charge >= 0.3 is 5.97 Å². The second-order valence-electron chi connectivity index (χ2n) is 3.66. The number of esters is 1. The predicted octanol–water partition coefficient (Wildman–Crippen LogP) is 0.300. The topological polar surface area (TPSA) is 89.3 Å². The van der Waals surface area contributed by atoms with E-state index in [1.807, 2.05) is 0 Å². The van der Waals surface area contributed by atoms with Gasteiger partial charge in [-0.15, -0.1) is 0 Å². The van der Waals surface area contributed by atoms with Crippen molar-refractivity contribution in [1.29, 1.82) is 0 Å². The summed E-state index contributed by atoms with van der Waals surface area (Å²) in [7, 11) is 1.32. The summed E-state index contributed by atoms with van der Waals surface area (Å²) in [4.78, 5) is 31.2. The number of H-pyrrole nitrogens is 1. The lowest BCUT2D eigenvalue weighted by atomic mass is 10.3. The number of aromatic amines is 1. The van der Waals surface area contributed by atoms with Crippen LogP contribution in [-0.4, -0.2) is 38.4 Å². The molecule has 0 atom stereocenters. The van der Waals surface area contributed by atoms with Crippen molar-refractivity contribution in [2.24, 2.45) is 0 Å². The molecule has 0 amide bonds. The van der Waals surface area contributed by atoms with Crippen LogP contribution in [0.15, 0.2) is 9.95 Å². The second-order valence-corrected chi connectivity index (χ2v) is 4.62. The fraction of sp³-hybridized carbons (Fsp3) is 0.400. The Kier molecular flexibility index (Phi) is 3.37. The number of aromatic nitrogens is 4. The molecule has 0 fully saturated rings. The molecule has 96 valence electrons. The first kappa shape index (κ1) is 12.6. The Morgan fingerprint density at radius 2 is 2.17 bits per heavy atom. The van der Waals surface area contributed by atoms with E-state index in [0.717, 1.165) is 11.8 Å². The summed E-state index contributed by atoms with van der Waals surface area (Å²) in [6.07, 6.45) is 0. The SMILES string of the molecule is COC(=O)CSc1nc2nc(C)c(C)c(=O)n2[nH]1. The maximum absolute atomic E-state index is 11.9. The fourth-order valence-corrected chi connectivity index (χ4v) is 2.01. The molecule has 0 radical (unpaired) electrons. The Balaban J connectivity index is 2.36. The van der Waals surface area contributed by atoms with E-state index in [4.69, 9.17) is 0 Å². The summed E-state index contributed by atoms with van der Waals surface area (Å²) >= 11 is 1.16. The van der Waals surface area contributed by atoms with Crippen molar-refractivity contribution < 1.29 is 9.53 Å². The lowest BCUT2D eigenvalue weighted by Gasteiger charge is -1.97. The zero-order valence-corrected chi connectivity index (χ0v) is 11.0. The maximum atomic E-state index is 11.9. The molecule has 0 aliphatic carbocycles. The van der Waals surface area contributed by atoms with Crippen LogP contribution >= 0.6 is 11.8 Å². The zero-order chi connectivity index (χ0) is 13.3. The van der Waals surface area contributed by atoms with E-state index in [1.165, 1.54) is 11.6 Å². The number of rotatable bonds is 3. The molecule has 0 bridgehead atoms. The van der Waals surface area contributed by atoms with Crippen molar-refractivity contribution >= 4 is 23.5 Å². The van der Waals surface area contributed by atoms with Gasteiger partial charge in [0.1, 0.15) is 0 Å². The Labute approximate surface area is 107 Å². The first-order chi connectivity index (χ1) is 8.52. The molecule has 2 heterocycles. The fourth-order valence-electron chi connectivity index (χ4n) is 1.34. The molecule has 8 heteroatoms. The molecule has 0 aromatic carbocycles. The summed E-state index contributed by atoms with van der Waals surface area (Å²) in [6, 6.07) is 0. The largest absolute Gasteiger partial charge is 0.468 e. The third kappa shape index (κ3) is 2.23. The molecular weight excluding hydrogens is 256 g/mol. The molecule has 0 unspecified atom stereocenters. The Bertz CT molecular complexity index is 661. The van der Waals surface area contributed by atoms with Gasteiger partial charge in [0.25, 0.3) is 11.3 Å². The van der Waals surface area contributed by atoms with Crippen LogP contribution in [0.3, 0.4) is 0 Å². The molecule has 1 N–H and O–H groups in total. The van der Waals surface area contributed by atoms with E-state index in [-0.39, 0.29) is 17.3 Å². The zero-order valence-electron chi connectivity index (χ0n) is 10.2. The van der Waals surface area contributed by atoms with Crippen molar-refractivity contribution in [3.8, 4) is 0 Å². The predicted molar refractivity (Wildman–Crippen MR) is 65.8 cm³/mol. The van der Waals surface area contributed by atoms with Crippen LogP contribution in [0.4, 0.5) is 0 Å². The Hall–Kier alpha value is -1.83. The molecule has 0 aliphatic heterocycles. The van der Waals surface area contributed by atoms with Crippen LogP contribution in [0.25, 0.3) is 5.78 Å². The number of hydrogen-bond donors (Lipinski definition) is 1. The summed E-state index contributed by atoms with van der Waals surface area (Å²) in [5, 5.41) is 3.25. The molecule has 2 aromatic heterocycles. The average molecular weight is 268 g/mol. The quantitative estimate of drug-likeness (QED) is 0.636. The van der Waals surface area contributed by atoms with Crippen molar-refractivity contribution in [2.45, 2.75) is 19.0 Å². The van der Waals surface area contributed by atoms with Crippen LogP contribution in [0, 0.1) is 13.8 Å². The highest BCUT2D eigenvalue weighted by molar-refractivity contribution is 7.99. The third-order valence-electron chi connectivity index (χ3n) is 2.50. The number of aryl methyl sites for hydroxylation is 1. The molecule has 7 nitrogen and oxygen atoms in total. The number of carbonyl (C=O) groups is 1. The molecule has 0 spiro atoms. The Morgan fingerprint density at radius 3 is 2.83 bits per heavy atom. The lowest BCUT2D eigenvalue weighted by Crippen LogP contribution is -2.19. The Morgan fingerprint density at radius 1 is 1.44 bits per heavy atom. The first-order valence-electron chi connectivity index (χ1n) is 5.18. The van der Waals surface area contributed by atoms with E-state index in [2.05, 4.69) is 19.8 Å². The maximum Gasteiger partial charge on any atom is 0.316 e. The average Bonchev–Trinajstić information content (AvgIpc) is 2.76. The van der Waals surface area contributed by atoms with Gasteiger partial charge in [0.2, 0.25) is 0 Å². The molecular formula is C10H12N4O3S. The summed E-state index contributed by atoms with van der Waals surface area (Å²) < 4.78 is 5.79. The summed E-state index contributed by atoms with van der Waals surface area (Å²) in [5.74, 6) is 0.0758. The number of nitrogens with one attached hydrogen (secondary N) is 1. The minimum Gasteiger partial charge on any atom is -0.468 e. The standard InChI is InChI=1S/C10H12N4O3S/c1-5-6(2)11-9-12-10(13-14(9)8(5)16)18-4-7(15)17-3/h4H2,1-3H3,(H,11,12,13). The minimum absolute atomic E-state index is 0.128. The van der Waals surface area contributed by atoms with Crippen LogP contribution < -0.4 is 5.56 Å². The van der Waals surface area contributed by atoms with Crippen molar-refractivity contribution in [3.63, 3.8) is 0 Å². The summed E-state index contributed by atoms with van der Waals surface area (Å²) in [5.41, 5.74) is 1.03. The van der Waals surface area contributed by atoms with Gasteiger partial charge in [-0.25, -0.2) is 4.98 Å². The molecule has 2 aromatic rings. The highest BCUT2D eigenvalue weighted by Crippen LogP contribution is 2.13. The van der Waals surface area contributed by atoms with Crippen LogP contribution in [-0.2, 0) is 9.53 Å². The lowest BCUT2D eigenvalue weighted by molar-refractivity contribution is -0.137. The van der Waals surface area contributed by atoms with Gasteiger partial charge in [0.05, 0.1) is 12.9 Å². The molecule has 0 saturated heterocycles. The minimum atomic E-state index is -0.354. The number of nitrogens with zero attached hydrogens (tertiary/aromatic N) is 3. The van der Waals surface area contributed by atoms with Crippen LogP contribution in [0.1, 0.15) is 11.3 Å². The van der Waals surface area contributed by atoms with Gasteiger partial charge in [-0.1, -0.05) is 11.8 Å². The number of fused-ring (bicyclic) bond motifs is 1. The normalized spacial score (nSPS) is 10.8. The third-order valence-corrected chi connectivity index (χ3v) is 3.33. The van der Waals surface area contributed by atoms with E-state index in [0.29, 0.717) is 22.2 Å². The van der Waals surface area contributed by atoms with Gasteiger partial charge < -0.3 is 4.74 Å². The molecule has 18 heavy (non-hydrogen) atoms. The van der Waals surface area contributed by atoms with Gasteiger partial charge in [0.15, 0.2) is 5.16 Å². The van der Waals surface area contributed by atoms with Crippen LogP contribution in [0.5, 0.6) is 0 Å². The highest BCUT2D eigenvalue weighted by atomic mass is 32.2. The number of hydrogen-bond acceptors (Lipinski definition) is 6. The van der Waals surface area contributed by atoms with Crippen molar-refractivity contribution in [3.05, 3.63) is 21.6 Å². The first-order valence-corrected chi connectivity index (χ1v) is 6.17. The molecule has 0 aliphatic rings. The van der Waals surface area contributed by atoms with E-state index in [9.17, 15) is 9.59 Å². The van der Waals surface area contributed by atoms with Gasteiger partial charge in [-0.05, 0) is 13.8 Å². The second kappa shape index (κ2) is 4.81. The number of ether oxygens (including phenoxy) is 1. The molecule has 2 rings (SSSR count). The van der Waals surface area contributed by atoms with Crippen LogP contribution in [0.2, 0.25) is 0 Å². The van der Waals surface area contributed by atoms with E-state index >= 15 is 0 Å². The summed E-state index contributed by atoms with van der Waals surface area (Å²) in [6.45, 7) is 3.46. The van der Waals surface area contributed by atoms with E-state index in [1.54, 1.807) is 13.8 Å².